The van der Waals surface area contributed by atoms with Gasteiger partial charge in [-0.15, -0.1) is 0 Å². The molecule has 140 valence electrons. The summed E-state index contributed by atoms with van der Waals surface area (Å²) in [5.74, 6) is 0.676. The minimum Gasteiger partial charge on any atom is -0.484 e. The lowest BCUT2D eigenvalue weighted by atomic mass is 10.1. The van der Waals surface area contributed by atoms with Gasteiger partial charge in [0.1, 0.15) is 18.4 Å². The van der Waals surface area contributed by atoms with E-state index in [9.17, 15) is 4.79 Å². The number of amides is 1. The summed E-state index contributed by atoms with van der Waals surface area (Å²) in [7, 11) is 1.80. The Morgan fingerprint density at radius 1 is 1.19 bits per heavy atom. The third-order valence-corrected chi connectivity index (χ3v) is 4.71. The monoisotopic (exact) mass is 364 g/mol. The number of hydrogen-bond acceptors (Lipinski definition) is 4. The number of aryl methyl sites for hydroxylation is 2. The van der Waals surface area contributed by atoms with Crippen molar-refractivity contribution in [2.45, 2.75) is 26.8 Å². The average molecular weight is 364 g/mol. The summed E-state index contributed by atoms with van der Waals surface area (Å²) in [6.45, 7) is 6.03. The van der Waals surface area contributed by atoms with Gasteiger partial charge in [-0.25, -0.2) is 9.67 Å². The van der Waals surface area contributed by atoms with Crippen molar-refractivity contribution in [2.24, 2.45) is 0 Å². The molecule has 6 nitrogen and oxygen atoms in total. The molecule has 2 aromatic carbocycles. The first-order valence-electron chi connectivity index (χ1n) is 8.86. The maximum absolute atomic E-state index is 12.5. The van der Waals surface area contributed by atoms with Gasteiger partial charge in [-0.05, 0) is 50.1 Å². The number of aromatic nitrogens is 3. The minimum absolute atomic E-state index is 0.0157. The van der Waals surface area contributed by atoms with Gasteiger partial charge in [-0.2, -0.15) is 5.10 Å². The fourth-order valence-electron chi connectivity index (χ4n) is 2.89. The Morgan fingerprint density at radius 2 is 1.93 bits per heavy atom. The lowest BCUT2D eigenvalue weighted by Gasteiger charge is -2.25. The molecule has 0 radical (unpaired) electrons. The number of rotatable bonds is 6. The first kappa shape index (κ1) is 18.6. The third kappa shape index (κ3) is 4.34. The van der Waals surface area contributed by atoms with Crippen LogP contribution in [0, 0.1) is 13.8 Å². The first-order valence-corrected chi connectivity index (χ1v) is 8.86. The number of carbonyl (C=O) groups excluding carboxylic acids is 1. The summed E-state index contributed by atoms with van der Waals surface area (Å²) in [4.78, 5) is 18.2. The van der Waals surface area contributed by atoms with E-state index in [-0.39, 0.29) is 18.6 Å². The van der Waals surface area contributed by atoms with Crippen LogP contribution in [0.1, 0.15) is 29.7 Å². The van der Waals surface area contributed by atoms with Gasteiger partial charge in [0.25, 0.3) is 5.91 Å². The van der Waals surface area contributed by atoms with E-state index in [0.29, 0.717) is 0 Å². The molecule has 0 spiro atoms. The molecular formula is C21H24N4O2. The molecule has 0 aliphatic carbocycles. The molecule has 0 aliphatic heterocycles. The van der Waals surface area contributed by atoms with Crippen molar-refractivity contribution in [2.75, 3.05) is 13.7 Å². The Labute approximate surface area is 159 Å². The summed E-state index contributed by atoms with van der Waals surface area (Å²) < 4.78 is 7.41. The van der Waals surface area contributed by atoms with Gasteiger partial charge in [0.05, 0.1) is 11.7 Å². The molecule has 0 N–H and O–H groups in total. The molecule has 3 rings (SSSR count). The number of nitrogens with zero attached hydrogens (tertiary/aromatic N) is 4. The predicted molar refractivity (Wildman–Crippen MR) is 104 cm³/mol. The van der Waals surface area contributed by atoms with E-state index >= 15 is 0 Å². The van der Waals surface area contributed by atoms with E-state index in [1.165, 1.54) is 11.9 Å². The Morgan fingerprint density at radius 3 is 2.56 bits per heavy atom. The zero-order valence-electron chi connectivity index (χ0n) is 16.1. The van der Waals surface area contributed by atoms with Crippen molar-refractivity contribution >= 4 is 5.91 Å². The van der Waals surface area contributed by atoms with Crippen LogP contribution in [-0.4, -0.2) is 39.2 Å². The number of likely N-dealkylation sites (N-methyl/N-ethyl adjacent to an activating group) is 1. The van der Waals surface area contributed by atoms with E-state index in [1.54, 1.807) is 23.0 Å². The van der Waals surface area contributed by atoms with E-state index < -0.39 is 0 Å². The summed E-state index contributed by atoms with van der Waals surface area (Å²) in [5, 5.41) is 4.11. The van der Waals surface area contributed by atoms with Crippen LogP contribution in [0.5, 0.6) is 5.75 Å². The van der Waals surface area contributed by atoms with E-state index in [2.05, 4.69) is 10.1 Å². The lowest BCUT2D eigenvalue weighted by Crippen LogP contribution is -2.33. The summed E-state index contributed by atoms with van der Waals surface area (Å²) in [6, 6.07) is 13.8. The van der Waals surface area contributed by atoms with Crippen LogP contribution in [0.15, 0.2) is 55.1 Å². The van der Waals surface area contributed by atoms with Crippen molar-refractivity contribution in [1.29, 1.82) is 0 Å². The molecule has 1 amide bonds. The molecule has 0 unspecified atom stereocenters. The van der Waals surface area contributed by atoms with E-state index in [0.717, 1.165) is 22.6 Å². The van der Waals surface area contributed by atoms with Crippen LogP contribution in [0.3, 0.4) is 0 Å². The van der Waals surface area contributed by atoms with Crippen LogP contribution in [0.4, 0.5) is 0 Å². The predicted octanol–water partition coefficient (Wildman–Crippen LogP) is 3.48. The number of benzene rings is 2. The normalized spacial score (nSPS) is 11.9. The van der Waals surface area contributed by atoms with E-state index in [4.69, 9.17) is 4.74 Å². The Bertz CT molecular complexity index is 904. The van der Waals surface area contributed by atoms with Crippen molar-refractivity contribution in [1.82, 2.24) is 19.7 Å². The number of hydrogen-bond donors (Lipinski definition) is 0. The second-order valence-corrected chi connectivity index (χ2v) is 6.67. The molecular weight excluding hydrogens is 340 g/mol. The van der Waals surface area contributed by atoms with Crippen LogP contribution in [0.2, 0.25) is 0 Å². The number of ether oxygens (including phenoxy) is 1. The topological polar surface area (TPSA) is 60.2 Å². The molecule has 1 aromatic heterocycles. The Kier molecular flexibility index (Phi) is 5.54. The molecule has 6 heteroatoms. The van der Waals surface area contributed by atoms with Crippen LogP contribution < -0.4 is 4.74 Å². The highest BCUT2D eigenvalue weighted by molar-refractivity contribution is 5.78. The second kappa shape index (κ2) is 8.03. The van der Waals surface area contributed by atoms with Crippen molar-refractivity contribution < 1.29 is 9.53 Å². The molecule has 0 saturated carbocycles. The second-order valence-electron chi connectivity index (χ2n) is 6.67. The average Bonchev–Trinajstić information content (AvgIpc) is 3.21. The molecule has 1 heterocycles. The van der Waals surface area contributed by atoms with Crippen molar-refractivity contribution in [3.8, 4) is 11.4 Å². The maximum Gasteiger partial charge on any atom is 0.260 e. The standard InChI is InChI=1S/C21H24N4O2/c1-15-5-10-20(16(2)11-15)27-12-21(26)24(4)17(3)18-6-8-19(9-7-18)25-14-22-13-23-25/h5-11,13-14,17H,12H2,1-4H3/t17-/m1/s1. The summed E-state index contributed by atoms with van der Waals surface area (Å²) in [6.07, 6.45) is 3.15. The fraction of sp³-hybridized carbons (Fsp3) is 0.286. The zero-order chi connectivity index (χ0) is 19.4. The molecule has 1 atom stereocenters. The van der Waals surface area contributed by atoms with Crippen LogP contribution in [-0.2, 0) is 4.79 Å². The van der Waals surface area contributed by atoms with E-state index in [1.807, 2.05) is 63.2 Å². The Balaban J connectivity index is 1.62. The Hall–Kier alpha value is -3.15. The van der Waals surface area contributed by atoms with Gasteiger partial charge < -0.3 is 9.64 Å². The molecule has 0 saturated heterocycles. The van der Waals surface area contributed by atoms with Crippen molar-refractivity contribution in [3.05, 3.63) is 71.8 Å². The minimum atomic E-state index is -0.0668. The van der Waals surface area contributed by atoms with Crippen molar-refractivity contribution in [3.63, 3.8) is 0 Å². The van der Waals surface area contributed by atoms with Gasteiger partial charge >= 0.3 is 0 Å². The lowest BCUT2D eigenvalue weighted by molar-refractivity contribution is -0.134. The third-order valence-electron chi connectivity index (χ3n) is 4.71. The van der Waals surface area contributed by atoms with Gasteiger partial charge in [-0.3, -0.25) is 4.79 Å². The molecule has 0 bridgehead atoms. The number of carbonyl (C=O) groups is 1. The summed E-state index contributed by atoms with van der Waals surface area (Å²) in [5.41, 5.74) is 4.17. The fourth-order valence-corrected chi connectivity index (χ4v) is 2.89. The zero-order valence-corrected chi connectivity index (χ0v) is 16.1. The molecule has 3 aromatic rings. The highest BCUT2D eigenvalue weighted by Crippen LogP contribution is 2.22. The van der Waals surface area contributed by atoms with Gasteiger partial charge in [0, 0.05) is 7.05 Å². The van der Waals surface area contributed by atoms with Crippen LogP contribution >= 0.6 is 0 Å². The molecule has 0 fully saturated rings. The van der Waals surface area contributed by atoms with Gasteiger partial charge in [0.15, 0.2) is 6.61 Å². The smallest absolute Gasteiger partial charge is 0.260 e. The van der Waals surface area contributed by atoms with Crippen LogP contribution in [0.25, 0.3) is 5.69 Å². The SMILES string of the molecule is Cc1ccc(OCC(=O)N(C)[C@H](C)c2ccc(-n3cncn3)cc2)c(C)c1. The quantitative estimate of drug-likeness (QED) is 0.672. The maximum atomic E-state index is 12.5. The largest absolute Gasteiger partial charge is 0.484 e. The highest BCUT2D eigenvalue weighted by Gasteiger charge is 2.18. The highest BCUT2D eigenvalue weighted by atomic mass is 16.5. The van der Waals surface area contributed by atoms with Gasteiger partial charge in [-0.1, -0.05) is 29.8 Å². The molecule has 0 aliphatic rings. The summed E-state index contributed by atoms with van der Waals surface area (Å²) >= 11 is 0. The first-order chi connectivity index (χ1) is 13.0. The molecule has 27 heavy (non-hydrogen) atoms. The van der Waals surface area contributed by atoms with Gasteiger partial charge in [0.2, 0.25) is 0 Å².